The molecule has 0 amide bonds. The summed E-state index contributed by atoms with van der Waals surface area (Å²) < 4.78 is 2.02. The molecule has 86 valence electrons. The second-order valence-corrected chi connectivity index (χ2v) is 3.87. The van der Waals surface area contributed by atoms with E-state index in [1.165, 1.54) is 19.3 Å². The molecular weight excluding hydrogens is 188 g/mol. The molecule has 0 aromatic carbocycles. The van der Waals surface area contributed by atoms with Gasteiger partial charge >= 0.3 is 0 Å². The minimum Gasteiger partial charge on any atom is -0.137 e. The molecule has 0 unspecified atom stereocenters. The van der Waals surface area contributed by atoms with Crippen LogP contribution in [0.5, 0.6) is 0 Å². The maximum atomic E-state index is 4.52. The van der Waals surface area contributed by atoms with Crippen molar-refractivity contribution in [1.82, 2.24) is 15.1 Å². The molecule has 0 aliphatic carbocycles. The zero-order valence-corrected chi connectivity index (χ0v) is 10.2. The van der Waals surface area contributed by atoms with Crippen molar-refractivity contribution < 1.29 is 4.68 Å². The summed E-state index contributed by atoms with van der Waals surface area (Å²) in [5, 5.41) is 8.97. The van der Waals surface area contributed by atoms with Crippen LogP contribution in [-0.2, 0) is 19.5 Å². The number of tetrazole rings is 1. The molecule has 0 saturated carbocycles. The molecule has 0 saturated heterocycles. The minimum atomic E-state index is 0.922. The van der Waals surface area contributed by atoms with Crippen molar-refractivity contribution in [3.63, 3.8) is 0 Å². The van der Waals surface area contributed by atoms with Gasteiger partial charge in [0.2, 0.25) is 0 Å². The van der Waals surface area contributed by atoms with Crippen LogP contribution in [-0.4, -0.2) is 15.1 Å². The molecule has 0 atom stereocenters. The summed E-state index contributed by atoms with van der Waals surface area (Å²) >= 11 is 0. The fourth-order valence-corrected chi connectivity index (χ4v) is 1.54. The first-order chi connectivity index (χ1) is 7.31. The Labute approximate surface area is 92.3 Å². The Morgan fingerprint density at radius 3 is 2.47 bits per heavy atom. The van der Waals surface area contributed by atoms with E-state index in [0.29, 0.717) is 0 Å². The van der Waals surface area contributed by atoms with E-state index in [-0.39, 0.29) is 0 Å². The van der Waals surface area contributed by atoms with E-state index in [1.54, 1.807) is 0 Å². The maximum Gasteiger partial charge on any atom is 0.298 e. The van der Waals surface area contributed by atoms with Crippen LogP contribution in [0.15, 0.2) is 0 Å². The van der Waals surface area contributed by atoms with Gasteiger partial charge in [-0.25, -0.2) is 0 Å². The fraction of sp³-hybridized carbons (Fsp3) is 0.909. The van der Waals surface area contributed by atoms with Gasteiger partial charge in [-0.1, -0.05) is 26.7 Å². The molecule has 1 heterocycles. The molecular formula is C11H23N4+. The number of hydrogen-bond donors (Lipinski definition) is 0. The monoisotopic (exact) mass is 211 g/mol. The van der Waals surface area contributed by atoms with Crippen LogP contribution in [0.25, 0.3) is 0 Å². The lowest BCUT2D eigenvalue weighted by atomic mass is 10.2. The predicted molar refractivity (Wildman–Crippen MR) is 59.4 cm³/mol. The lowest BCUT2D eigenvalue weighted by molar-refractivity contribution is -0.759. The van der Waals surface area contributed by atoms with E-state index in [4.69, 9.17) is 0 Å². The lowest BCUT2D eigenvalue weighted by Crippen LogP contribution is -2.39. The van der Waals surface area contributed by atoms with Crippen LogP contribution in [0.2, 0.25) is 0 Å². The highest BCUT2D eigenvalue weighted by Crippen LogP contribution is 1.97. The molecule has 0 spiro atoms. The van der Waals surface area contributed by atoms with Gasteiger partial charge in [-0.2, -0.15) is 0 Å². The van der Waals surface area contributed by atoms with Crippen LogP contribution < -0.4 is 4.68 Å². The van der Waals surface area contributed by atoms with Crippen molar-refractivity contribution >= 4 is 0 Å². The molecule has 4 heteroatoms. The maximum absolute atomic E-state index is 4.52. The Balaban J connectivity index is 2.62. The van der Waals surface area contributed by atoms with Gasteiger partial charge in [0.25, 0.3) is 5.82 Å². The summed E-state index contributed by atoms with van der Waals surface area (Å²) in [5.74, 6) is 1.13. The van der Waals surface area contributed by atoms with Gasteiger partial charge in [-0.05, 0) is 24.6 Å². The number of rotatable bonds is 7. The van der Waals surface area contributed by atoms with Crippen LogP contribution in [0.4, 0.5) is 0 Å². The molecule has 0 fully saturated rings. The highest BCUT2D eigenvalue weighted by Gasteiger charge is 2.16. The number of unbranched alkanes of at least 4 members (excludes halogenated alkanes) is 2. The highest BCUT2D eigenvalue weighted by atomic mass is 15.6. The Bertz CT molecular complexity index is 280. The van der Waals surface area contributed by atoms with Gasteiger partial charge in [-0.3, -0.25) is 0 Å². The number of nitrogens with zero attached hydrogens (tertiary/aromatic N) is 4. The summed E-state index contributed by atoms with van der Waals surface area (Å²) in [6, 6.07) is 0. The Morgan fingerprint density at radius 1 is 1.13 bits per heavy atom. The molecule has 0 radical (unpaired) electrons. The molecule has 0 aliphatic rings. The first-order valence-electron chi connectivity index (χ1n) is 6.15. The molecule has 0 N–H and O–H groups in total. The van der Waals surface area contributed by atoms with E-state index in [0.717, 1.165) is 31.8 Å². The normalized spacial score (nSPS) is 10.9. The molecule has 15 heavy (non-hydrogen) atoms. The van der Waals surface area contributed by atoms with Gasteiger partial charge in [0.1, 0.15) is 6.54 Å². The summed E-state index contributed by atoms with van der Waals surface area (Å²) in [6.45, 7) is 8.38. The van der Waals surface area contributed by atoms with Crippen molar-refractivity contribution in [3.05, 3.63) is 5.82 Å². The van der Waals surface area contributed by atoms with Crippen molar-refractivity contribution in [1.29, 1.82) is 0 Å². The average molecular weight is 211 g/mol. The average Bonchev–Trinajstić information content (AvgIpc) is 2.66. The topological polar surface area (TPSA) is 34.6 Å². The molecule has 1 aromatic rings. The van der Waals surface area contributed by atoms with E-state index >= 15 is 0 Å². The second-order valence-electron chi connectivity index (χ2n) is 3.87. The first kappa shape index (κ1) is 12.1. The van der Waals surface area contributed by atoms with E-state index in [2.05, 4.69) is 31.1 Å². The van der Waals surface area contributed by atoms with Gasteiger partial charge in [-0.15, -0.1) is 4.68 Å². The van der Waals surface area contributed by atoms with Crippen LogP contribution >= 0.6 is 0 Å². The SMILES string of the molecule is CCCCc1nn(CCCC)n[n+]1CC. The van der Waals surface area contributed by atoms with Crippen molar-refractivity contribution in [2.45, 2.75) is 66.0 Å². The van der Waals surface area contributed by atoms with Gasteiger partial charge in [0, 0.05) is 6.42 Å². The summed E-state index contributed by atoms with van der Waals surface area (Å²) in [7, 11) is 0. The number of aryl methyl sites for hydroxylation is 3. The van der Waals surface area contributed by atoms with E-state index < -0.39 is 0 Å². The van der Waals surface area contributed by atoms with E-state index in [1.807, 2.05) is 9.48 Å². The van der Waals surface area contributed by atoms with Crippen LogP contribution in [0, 0.1) is 0 Å². The van der Waals surface area contributed by atoms with Crippen LogP contribution in [0.3, 0.4) is 0 Å². The number of aromatic nitrogens is 4. The summed E-state index contributed by atoms with van der Waals surface area (Å²) in [5.41, 5.74) is 0. The molecule has 0 bridgehead atoms. The van der Waals surface area contributed by atoms with Crippen molar-refractivity contribution in [3.8, 4) is 0 Å². The third kappa shape index (κ3) is 3.61. The zero-order valence-electron chi connectivity index (χ0n) is 10.2. The van der Waals surface area contributed by atoms with Crippen LogP contribution in [0.1, 0.15) is 52.3 Å². The zero-order chi connectivity index (χ0) is 11.1. The fourth-order valence-electron chi connectivity index (χ4n) is 1.54. The third-order valence-electron chi connectivity index (χ3n) is 2.51. The van der Waals surface area contributed by atoms with E-state index in [9.17, 15) is 0 Å². The Morgan fingerprint density at radius 2 is 1.87 bits per heavy atom. The van der Waals surface area contributed by atoms with Gasteiger partial charge < -0.3 is 0 Å². The minimum absolute atomic E-state index is 0.922. The smallest absolute Gasteiger partial charge is 0.137 e. The Hall–Kier alpha value is -0.930. The molecule has 0 aliphatic heterocycles. The summed E-state index contributed by atoms with van der Waals surface area (Å²) in [4.78, 5) is 1.85. The highest BCUT2D eigenvalue weighted by molar-refractivity contribution is 4.68. The lowest BCUT2D eigenvalue weighted by Gasteiger charge is -1.90. The molecule has 1 aromatic heterocycles. The Kier molecular flexibility index (Phi) is 5.29. The van der Waals surface area contributed by atoms with Crippen molar-refractivity contribution in [2.24, 2.45) is 0 Å². The number of hydrogen-bond acceptors (Lipinski definition) is 2. The summed E-state index contributed by atoms with van der Waals surface area (Å²) in [6.07, 6.45) is 5.82. The largest absolute Gasteiger partial charge is 0.298 e. The first-order valence-corrected chi connectivity index (χ1v) is 6.15. The third-order valence-corrected chi connectivity index (χ3v) is 2.51. The molecule has 4 nitrogen and oxygen atoms in total. The standard InChI is InChI=1S/C11H23N4/c1-4-7-9-11-12-15(10-8-5-2)13-14(11)6-3/h4-10H2,1-3H3/q+1. The molecule has 1 rings (SSSR count). The predicted octanol–water partition coefficient (Wildman–Crippen LogP) is 1.73. The quantitative estimate of drug-likeness (QED) is 0.644. The second kappa shape index (κ2) is 6.53. The van der Waals surface area contributed by atoms with Gasteiger partial charge in [0.15, 0.2) is 0 Å². The van der Waals surface area contributed by atoms with Crippen molar-refractivity contribution in [2.75, 3.05) is 0 Å². The van der Waals surface area contributed by atoms with Gasteiger partial charge in [0.05, 0.1) is 16.9 Å².